The molecule has 0 bridgehead atoms. The molecule has 4 nitrogen and oxygen atoms in total. The lowest BCUT2D eigenvalue weighted by Gasteiger charge is -2.17. The van der Waals surface area contributed by atoms with Gasteiger partial charge in [-0.2, -0.15) is 0 Å². The zero-order chi connectivity index (χ0) is 14.3. The Hall–Kier alpha value is -0.420. The quantitative estimate of drug-likeness (QED) is 0.655. The minimum absolute atomic E-state index is 0.131. The van der Waals surface area contributed by atoms with Crippen molar-refractivity contribution in [2.75, 3.05) is 26.0 Å². The second kappa shape index (κ2) is 8.00. The minimum Gasteiger partial charge on any atom is -0.493 e. The molecule has 0 fully saturated rings. The summed E-state index contributed by atoms with van der Waals surface area (Å²) in [5.74, 6) is -0.0319. The van der Waals surface area contributed by atoms with Crippen LogP contribution in [0.2, 0.25) is 0 Å². The van der Waals surface area contributed by atoms with Gasteiger partial charge >= 0.3 is 7.60 Å². The lowest BCUT2D eigenvalue weighted by Crippen LogP contribution is -2.08. The third kappa shape index (κ3) is 5.61. The predicted molar refractivity (Wildman–Crippen MR) is 75.3 cm³/mol. The van der Waals surface area contributed by atoms with Gasteiger partial charge in [0, 0.05) is 6.07 Å². The first-order valence-corrected chi connectivity index (χ1v) is 8.49. The number of hydrogen-bond acceptors (Lipinski definition) is 4. The second-order valence-electron chi connectivity index (χ2n) is 3.59. The molecule has 1 aromatic carbocycles. The number of ether oxygens (including phenoxy) is 1. The standard InChI is InChI=1S/C12H17BrFO4P/c1-3-17-19(15,18-4-2)8-7-16-10-5-6-11(13)12(14)9-10/h5-6,9H,3-4,7-8H2,1-2H3. The van der Waals surface area contributed by atoms with E-state index >= 15 is 0 Å². The summed E-state index contributed by atoms with van der Waals surface area (Å²) < 4.78 is 41.3. The monoisotopic (exact) mass is 354 g/mol. The van der Waals surface area contributed by atoms with Crippen LogP contribution in [-0.2, 0) is 13.6 Å². The topological polar surface area (TPSA) is 44.8 Å². The first-order valence-electron chi connectivity index (χ1n) is 5.96. The van der Waals surface area contributed by atoms with Crippen LogP contribution in [0.15, 0.2) is 22.7 Å². The Labute approximate surface area is 120 Å². The van der Waals surface area contributed by atoms with Crippen molar-refractivity contribution >= 4 is 23.5 Å². The van der Waals surface area contributed by atoms with E-state index in [1.807, 2.05) is 0 Å². The van der Waals surface area contributed by atoms with Crippen LogP contribution in [0.3, 0.4) is 0 Å². The molecule has 19 heavy (non-hydrogen) atoms. The Bertz CT molecular complexity index is 445. The van der Waals surface area contributed by atoms with Gasteiger partial charge in [0.15, 0.2) is 0 Å². The number of hydrogen-bond donors (Lipinski definition) is 0. The highest BCUT2D eigenvalue weighted by molar-refractivity contribution is 9.10. The Balaban J connectivity index is 2.51. The summed E-state index contributed by atoms with van der Waals surface area (Å²) in [6.07, 6.45) is 0.131. The fraction of sp³-hybridized carbons (Fsp3) is 0.500. The van der Waals surface area contributed by atoms with E-state index in [-0.39, 0.29) is 12.8 Å². The molecule has 0 spiro atoms. The molecule has 0 aliphatic heterocycles. The van der Waals surface area contributed by atoms with E-state index in [1.165, 1.54) is 6.07 Å². The first-order chi connectivity index (χ1) is 9.00. The van der Waals surface area contributed by atoms with Crippen LogP contribution >= 0.6 is 23.5 Å². The summed E-state index contributed by atoms with van der Waals surface area (Å²) in [4.78, 5) is 0. The Morgan fingerprint density at radius 1 is 1.26 bits per heavy atom. The lowest BCUT2D eigenvalue weighted by atomic mass is 10.3. The summed E-state index contributed by atoms with van der Waals surface area (Å²) >= 11 is 3.06. The minimum atomic E-state index is -3.11. The summed E-state index contributed by atoms with van der Waals surface area (Å²) in [5.41, 5.74) is 0. The van der Waals surface area contributed by atoms with Crippen molar-refractivity contribution in [2.45, 2.75) is 13.8 Å². The average molecular weight is 355 g/mol. The third-order valence-corrected chi connectivity index (χ3v) is 4.85. The Kier molecular flexibility index (Phi) is 7.00. The van der Waals surface area contributed by atoms with E-state index in [0.717, 1.165) is 0 Å². The fourth-order valence-electron chi connectivity index (χ4n) is 1.40. The molecule has 1 rings (SSSR count). The van der Waals surface area contributed by atoms with Gasteiger partial charge in [0.2, 0.25) is 0 Å². The van der Waals surface area contributed by atoms with E-state index in [4.69, 9.17) is 13.8 Å². The van der Waals surface area contributed by atoms with Crippen molar-refractivity contribution in [1.82, 2.24) is 0 Å². The highest BCUT2D eigenvalue weighted by atomic mass is 79.9. The van der Waals surface area contributed by atoms with E-state index in [0.29, 0.717) is 23.4 Å². The Morgan fingerprint density at radius 2 is 1.89 bits per heavy atom. The SMILES string of the molecule is CCOP(=O)(CCOc1ccc(Br)c(F)c1)OCC. The highest BCUT2D eigenvalue weighted by Crippen LogP contribution is 2.47. The van der Waals surface area contributed by atoms with E-state index in [9.17, 15) is 8.96 Å². The van der Waals surface area contributed by atoms with Crippen LogP contribution in [0, 0.1) is 5.82 Å². The smallest absolute Gasteiger partial charge is 0.334 e. The van der Waals surface area contributed by atoms with Gasteiger partial charge in [0.1, 0.15) is 11.6 Å². The van der Waals surface area contributed by atoms with Gasteiger partial charge in [-0.05, 0) is 41.9 Å². The summed E-state index contributed by atoms with van der Waals surface area (Å²) in [6, 6.07) is 4.44. The van der Waals surface area contributed by atoms with Crippen molar-refractivity contribution in [3.05, 3.63) is 28.5 Å². The molecule has 0 N–H and O–H groups in total. The molecule has 0 saturated carbocycles. The molecule has 7 heteroatoms. The Morgan fingerprint density at radius 3 is 2.42 bits per heavy atom. The van der Waals surface area contributed by atoms with E-state index in [2.05, 4.69) is 15.9 Å². The van der Waals surface area contributed by atoms with Gasteiger partial charge in [-0.3, -0.25) is 4.57 Å². The number of rotatable bonds is 8. The summed E-state index contributed by atoms with van der Waals surface area (Å²) in [5, 5.41) is 0. The van der Waals surface area contributed by atoms with Crippen LogP contribution in [-0.4, -0.2) is 26.0 Å². The molecule has 0 aliphatic rings. The van der Waals surface area contributed by atoms with Crippen LogP contribution in [0.4, 0.5) is 4.39 Å². The molecule has 108 valence electrons. The molecule has 0 radical (unpaired) electrons. The van der Waals surface area contributed by atoms with Crippen molar-refractivity contribution < 1.29 is 22.7 Å². The largest absolute Gasteiger partial charge is 0.493 e. The maximum Gasteiger partial charge on any atom is 0.334 e. The summed E-state index contributed by atoms with van der Waals surface area (Å²) in [7, 11) is -3.11. The zero-order valence-electron chi connectivity index (χ0n) is 10.9. The second-order valence-corrected chi connectivity index (χ2v) is 6.63. The fourth-order valence-corrected chi connectivity index (χ4v) is 3.08. The van der Waals surface area contributed by atoms with Gasteiger partial charge < -0.3 is 13.8 Å². The van der Waals surface area contributed by atoms with Crippen LogP contribution < -0.4 is 4.74 Å². The normalized spacial score (nSPS) is 11.6. The van der Waals surface area contributed by atoms with Gasteiger partial charge in [0.05, 0.1) is 30.5 Å². The third-order valence-electron chi connectivity index (χ3n) is 2.18. The molecular weight excluding hydrogens is 338 g/mol. The number of benzene rings is 1. The van der Waals surface area contributed by atoms with Crippen LogP contribution in [0.5, 0.6) is 5.75 Å². The van der Waals surface area contributed by atoms with Crippen molar-refractivity contribution in [1.29, 1.82) is 0 Å². The lowest BCUT2D eigenvalue weighted by molar-refractivity contribution is 0.213. The first kappa shape index (κ1) is 16.6. The summed E-state index contributed by atoms with van der Waals surface area (Å²) in [6.45, 7) is 4.25. The van der Waals surface area contributed by atoms with Gasteiger partial charge in [-0.25, -0.2) is 4.39 Å². The molecule has 0 aliphatic carbocycles. The highest BCUT2D eigenvalue weighted by Gasteiger charge is 2.23. The molecule has 0 atom stereocenters. The molecule has 0 heterocycles. The average Bonchev–Trinajstić information content (AvgIpc) is 2.34. The molecule has 0 unspecified atom stereocenters. The van der Waals surface area contributed by atoms with E-state index in [1.54, 1.807) is 26.0 Å². The van der Waals surface area contributed by atoms with E-state index < -0.39 is 13.4 Å². The number of halogens is 2. The molecule has 0 saturated heterocycles. The predicted octanol–water partition coefficient (Wildman–Crippen LogP) is 4.23. The van der Waals surface area contributed by atoms with Crippen molar-refractivity contribution in [3.63, 3.8) is 0 Å². The maximum atomic E-state index is 13.3. The van der Waals surface area contributed by atoms with Crippen molar-refractivity contribution in [2.24, 2.45) is 0 Å². The zero-order valence-corrected chi connectivity index (χ0v) is 13.4. The molecular formula is C12H17BrFO4P. The van der Waals surface area contributed by atoms with Gasteiger partial charge in [-0.15, -0.1) is 0 Å². The van der Waals surface area contributed by atoms with Crippen LogP contribution in [0.25, 0.3) is 0 Å². The molecule has 0 amide bonds. The molecule has 0 aromatic heterocycles. The van der Waals surface area contributed by atoms with Crippen LogP contribution in [0.1, 0.15) is 13.8 Å². The van der Waals surface area contributed by atoms with Gasteiger partial charge in [0.25, 0.3) is 0 Å². The van der Waals surface area contributed by atoms with Crippen molar-refractivity contribution in [3.8, 4) is 5.75 Å². The molecule has 1 aromatic rings. The maximum absolute atomic E-state index is 13.3. The van der Waals surface area contributed by atoms with Gasteiger partial charge in [-0.1, -0.05) is 0 Å².